The van der Waals surface area contributed by atoms with Crippen LogP contribution in [-0.2, 0) is 14.2 Å². The Labute approximate surface area is 188 Å². The maximum Gasteiger partial charge on any atom is 0.339 e. The molecule has 0 bridgehead atoms. The second-order valence-electron chi connectivity index (χ2n) is 7.51. The summed E-state index contributed by atoms with van der Waals surface area (Å²) in [6.45, 7) is -0.831. The molecule has 0 unspecified atom stereocenters. The van der Waals surface area contributed by atoms with E-state index in [2.05, 4.69) is 0 Å². The summed E-state index contributed by atoms with van der Waals surface area (Å²) in [7, 11) is 0. The second-order valence-corrected chi connectivity index (χ2v) is 7.51. The third kappa shape index (κ3) is 3.36. The van der Waals surface area contributed by atoms with Crippen LogP contribution in [-0.4, -0.2) is 95.2 Å². The normalized spacial score (nSPS) is 26.5. The minimum Gasteiger partial charge on any atom is -0.504 e. The number of carbonyl (C=O) groups excluding carboxylic acids is 2. The molecule has 2 heterocycles. The highest BCUT2D eigenvalue weighted by molar-refractivity contribution is 6.08. The van der Waals surface area contributed by atoms with E-state index in [0.717, 1.165) is 0 Å². The molecule has 2 aromatic rings. The van der Waals surface area contributed by atoms with Crippen LogP contribution in [0.4, 0.5) is 0 Å². The molecule has 4 rings (SSSR count). The number of hydrogen-bond donors (Lipinski definition) is 9. The third-order valence-electron chi connectivity index (χ3n) is 5.50. The predicted octanol–water partition coefficient (Wildman–Crippen LogP) is -1.28. The van der Waals surface area contributed by atoms with E-state index in [9.17, 15) is 55.5 Å². The molecule has 5 atom stereocenters. The lowest BCUT2D eigenvalue weighted by molar-refractivity contribution is -0.285. The van der Waals surface area contributed by atoms with E-state index in [1.54, 1.807) is 0 Å². The van der Waals surface area contributed by atoms with Crippen LogP contribution in [0.5, 0.6) is 34.5 Å². The van der Waals surface area contributed by atoms with Crippen molar-refractivity contribution in [2.24, 2.45) is 0 Å². The summed E-state index contributed by atoms with van der Waals surface area (Å²) in [5, 5.41) is 90.9. The Kier molecular flexibility index (Phi) is 5.53. The van der Waals surface area contributed by atoms with E-state index in [1.165, 1.54) is 0 Å². The molecule has 14 nitrogen and oxygen atoms in total. The summed E-state index contributed by atoms with van der Waals surface area (Å²) in [4.78, 5) is 26.0. The van der Waals surface area contributed by atoms with Gasteiger partial charge in [-0.3, -0.25) is 0 Å². The zero-order valence-corrected chi connectivity index (χ0v) is 16.8. The summed E-state index contributed by atoms with van der Waals surface area (Å²) in [6.07, 6.45) is -9.06. The lowest BCUT2D eigenvalue weighted by Crippen LogP contribution is -2.61. The fourth-order valence-corrected chi connectivity index (χ4v) is 3.81. The Morgan fingerprint density at radius 2 is 1.15 bits per heavy atom. The van der Waals surface area contributed by atoms with Crippen molar-refractivity contribution >= 4 is 11.9 Å². The number of phenols is 6. The Bertz CT molecular complexity index is 1190. The molecule has 2 aliphatic rings. The summed E-state index contributed by atoms with van der Waals surface area (Å²) >= 11 is 0. The SMILES string of the molecule is O=C1O[C@H]2[C@H](O)[C@H](CO)O[C@H](O)[C@H]2OC(=O)c2cc(O)c(O)c(O)c2-c2c1cc(O)c(O)c2O. The number of phenolic OH excluding ortho intramolecular Hbond substituents is 6. The maximum absolute atomic E-state index is 13.0. The minimum absolute atomic E-state index is 0.602. The van der Waals surface area contributed by atoms with E-state index >= 15 is 0 Å². The van der Waals surface area contributed by atoms with Crippen LogP contribution in [0, 0.1) is 0 Å². The molecule has 1 fully saturated rings. The van der Waals surface area contributed by atoms with Gasteiger partial charge in [0.05, 0.1) is 17.7 Å². The number of hydrogen-bond acceptors (Lipinski definition) is 14. The molecule has 0 aliphatic carbocycles. The summed E-state index contributed by atoms with van der Waals surface area (Å²) in [6, 6.07) is 1.21. The lowest BCUT2D eigenvalue weighted by atomic mass is 9.91. The van der Waals surface area contributed by atoms with E-state index < -0.39 is 106 Å². The highest BCUT2D eigenvalue weighted by atomic mass is 16.7. The van der Waals surface area contributed by atoms with Gasteiger partial charge in [0.25, 0.3) is 0 Å². The van der Waals surface area contributed by atoms with Crippen LogP contribution in [0.25, 0.3) is 11.1 Å². The summed E-state index contributed by atoms with van der Waals surface area (Å²) in [5.41, 5.74) is -3.15. The van der Waals surface area contributed by atoms with Gasteiger partial charge in [0.15, 0.2) is 41.5 Å². The molecule has 0 aromatic heterocycles. The van der Waals surface area contributed by atoms with Gasteiger partial charge in [-0.2, -0.15) is 0 Å². The van der Waals surface area contributed by atoms with Crippen molar-refractivity contribution in [2.45, 2.75) is 30.7 Å². The van der Waals surface area contributed by atoms with Crippen LogP contribution in [0.2, 0.25) is 0 Å². The first-order chi connectivity index (χ1) is 16.0. The van der Waals surface area contributed by atoms with Gasteiger partial charge in [-0.15, -0.1) is 0 Å². The Balaban J connectivity index is 2.04. The van der Waals surface area contributed by atoms with Crippen LogP contribution < -0.4 is 0 Å². The molecule has 2 aliphatic heterocycles. The van der Waals surface area contributed by atoms with Crippen LogP contribution in [0.15, 0.2) is 12.1 Å². The average molecular weight is 482 g/mol. The Hall–Kier alpha value is -3.98. The van der Waals surface area contributed by atoms with E-state index in [0.29, 0.717) is 12.1 Å². The van der Waals surface area contributed by atoms with Gasteiger partial charge in [-0.05, 0) is 12.1 Å². The number of esters is 2. The van der Waals surface area contributed by atoms with Crippen molar-refractivity contribution in [1.82, 2.24) is 0 Å². The van der Waals surface area contributed by atoms with Crippen molar-refractivity contribution in [3.63, 3.8) is 0 Å². The largest absolute Gasteiger partial charge is 0.504 e. The van der Waals surface area contributed by atoms with Gasteiger partial charge in [-0.25, -0.2) is 9.59 Å². The maximum atomic E-state index is 13.0. The minimum atomic E-state index is -2.02. The molecule has 2 aromatic carbocycles. The third-order valence-corrected chi connectivity index (χ3v) is 5.50. The molecular formula is C20H18O14. The standard InChI is InChI=1S/C20H18O14/c21-3-8-13(26)16-17(20(31)32-8)34-19(30)5-2-7(23)12(25)15(28)10(5)9-4(18(29)33-16)1-6(22)11(24)14(9)27/h1-2,8,13,16-17,20-28,31H,3H2/t8-,13+,16-,17-,20-/m0/s1. The zero-order chi connectivity index (χ0) is 25.1. The van der Waals surface area contributed by atoms with Crippen molar-refractivity contribution in [3.05, 3.63) is 23.3 Å². The zero-order valence-electron chi connectivity index (χ0n) is 16.8. The molecule has 0 amide bonds. The van der Waals surface area contributed by atoms with Gasteiger partial charge >= 0.3 is 11.9 Å². The summed E-state index contributed by atoms with van der Waals surface area (Å²) in [5.74, 6) is -9.67. The van der Waals surface area contributed by atoms with E-state index in [1.807, 2.05) is 0 Å². The van der Waals surface area contributed by atoms with Gasteiger partial charge < -0.3 is 60.2 Å². The second kappa shape index (κ2) is 8.11. The van der Waals surface area contributed by atoms with Crippen LogP contribution >= 0.6 is 0 Å². The molecule has 1 saturated heterocycles. The van der Waals surface area contributed by atoms with Crippen molar-refractivity contribution in [3.8, 4) is 45.6 Å². The number of benzene rings is 2. The number of aliphatic hydroxyl groups is 3. The molecule has 34 heavy (non-hydrogen) atoms. The smallest absolute Gasteiger partial charge is 0.339 e. The first kappa shape index (κ1) is 23.2. The molecule has 182 valence electrons. The Morgan fingerprint density at radius 1 is 0.706 bits per heavy atom. The van der Waals surface area contributed by atoms with Gasteiger partial charge in [0.1, 0.15) is 12.2 Å². The summed E-state index contributed by atoms with van der Waals surface area (Å²) < 4.78 is 15.3. The molecule has 0 spiro atoms. The quantitative estimate of drug-likeness (QED) is 0.170. The fourth-order valence-electron chi connectivity index (χ4n) is 3.81. The van der Waals surface area contributed by atoms with Crippen LogP contribution in [0.3, 0.4) is 0 Å². The van der Waals surface area contributed by atoms with E-state index in [4.69, 9.17) is 14.2 Å². The van der Waals surface area contributed by atoms with Gasteiger partial charge in [-0.1, -0.05) is 0 Å². The number of ether oxygens (including phenoxy) is 3. The Morgan fingerprint density at radius 3 is 1.59 bits per heavy atom. The first-order valence-corrected chi connectivity index (χ1v) is 9.58. The number of fused-ring (bicyclic) bond motifs is 4. The number of aliphatic hydroxyl groups excluding tert-OH is 3. The molecule has 9 N–H and O–H groups in total. The van der Waals surface area contributed by atoms with E-state index in [-0.39, 0.29) is 0 Å². The van der Waals surface area contributed by atoms with Crippen molar-refractivity contribution in [1.29, 1.82) is 0 Å². The lowest BCUT2D eigenvalue weighted by Gasteiger charge is -2.41. The average Bonchev–Trinajstić information content (AvgIpc) is 2.79. The highest BCUT2D eigenvalue weighted by Gasteiger charge is 2.50. The number of rotatable bonds is 1. The first-order valence-electron chi connectivity index (χ1n) is 9.58. The molecule has 14 heteroatoms. The molecule has 0 radical (unpaired) electrons. The fraction of sp³-hybridized carbons (Fsp3) is 0.300. The van der Waals surface area contributed by atoms with Crippen molar-refractivity contribution < 1.29 is 69.8 Å². The predicted molar refractivity (Wildman–Crippen MR) is 104 cm³/mol. The number of carbonyl (C=O) groups is 2. The van der Waals surface area contributed by atoms with Crippen LogP contribution in [0.1, 0.15) is 20.7 Å². The molecule has 0 saturated carbocycles. The molecular weight excluding hydrogens is 464 g/mol. The van der Waals surface area contributed by atoms with Crippen molar-refractivity contribution in [2.75, 3.05) is 6.61 Å². The van der Waals surface area contributed by atoms with Gasteiger partial charge in [0, 0.05) is 11.1 Å². The monoisotopic (exact) mass is 482 g/mol. The highest BCUT2D eigenvalue weighted by Crippen LogP contribution is 2.53. The topological polar surface area (TPSA) is 244 Å². The number of aromatic hydroxyl groups is 6. The van der Waals surface area contributed by atoms with Gasteiger partial charge in [0.2, 0.25) is 11.5 Å².